The van der Waals surface area contributed by atoms with Gasteiger partial charge in [0.25, 0.3) is 5.91 Å². The summed E-state index contributed by atoms with van der Waals surface area (Å²) in [4.78, 5) is 25.1. The number of aryl methyl sites for hydroxylation is 1. The number of nitrogens with one attached hydrogen (secondary N) is 1. The fraction of sp³-hybridized carbons (Fsp3) is 0.200. The number of carbonyl (C=O) groups excluding carboxylic acids is 1. The Hall–Kier alpha value is -1.92. The van der Waals surface area contributed by atoms with Gasteiger partial charge in [-0.2, -0.15) is 0 Å². The van der Waals surface area contributed by atoms with E-state index in [1.165, 1.54) is 22.7 Å². The van der Waals surface area contributed by atoms with E-state index in [1.807, 2.05) is 30.5 Å². The van der Waals surface area contributed by atoms with Crippen LogP contribution < -0.4 is 5.32 Å². The summed E-state index contributed by atoms with van der Waals surface area (Å²) in [5.41, 5.74) is 1.06. The number of carboxylic acids is 1. The molecule has 0 aliphatic rings. The van der Waals surface area contributed by atoms with Gasteiger partial charge in [0.2, 0.25) is 0 Å². The molecule has 0 fully saturated rings. The predicted molar refractivity (Wildman–Crippen MR) is 85.9 cm³/mol. The Kier molecular flexibility index (Phi) is 5.30. The number of aliphatic carboxylic acids is 1. The Labute approximate surface area is 130 Å². The molecule has 0 saturated heterocycles. The number of carboxylic acid groups (broad SMARTS) is 1. The average molecular weight is 321 g/mol. The maximum atomic E-state index is 12.1. The van der Waals surface area contributed by atoms with Gasteiger partial charge in [-0.1, -0.05) is 6.92 Å². The predicted octanol–water partition coefficient (Wildman–Crippen LogP) is 3.40. The Morgan fingerprint density at radius 3 is 2.86 bits per heavy atom. The third-order valence-electron chi connectivity index (χ3n) is 2.83. The van der Waals surface area contributed by atoms with Crippen molar-refractivity contribution in [3.8, 4) is 0 Å². The van der Waals surface area contributed by atoms with E-state index in [9.17, 15) is 9.59 Å². The molecule has 2 aromatic heterocycles. The van der Waals surface area contributed by atoms with Gasteiger partial charge in [0, 0.05) is 15.8 Å². The zero-order valence-electron chi connectivity index (χ0n) is 11.5. The van der Waals surface area contributed by atoms with Crippen LogP contribution in [-0.4, -0.2) is 17.0 Å². The van der Waals surface area contributed by atoms with E-state index in [-0.39, 0.29) is 5.91 Å². The summed E-state index contributed by atoms with van der Waals surface area (Å²) < 4.78 is 0. The van der Waals surface area contributed by atoms with Crippen LogP contribution >= 0.6 is 22.7 Å². The van der Waals surface area contributed by atoms with Gasteiger partial charge in [0.1, 0.15) is 0 Å². The number of hydrogen-bond donors (Lipinski definition) is 2. The first-order valence-corrected chi connectivity index (χ1v) is 8.14. The molecular weight excluding hydrogens is 306 g/mol. The molecule has 4 nitrogen and oxygen atoms in total. The molecule has 2 N–H and O–H groups in total. The van der Waals surface area contributed by atoms with E-state index in [0.717, 1.165) is 32.7 Å². The standard InChI is InChI=1S/C15H15NO3S2/c1-2-10-7-8-20-14(10)15(19)16-9-12-4-3-11(21-12)5-6-13(17)18/h3-8H,2,9H2,1H3,(H,16,19)(H,17,18)/b6-5+. The molecule has 2 aromatic rings. The fourth-order valence-electron chi connectivity index (χ4n) is 1.79. The quantitative estimate of drug-likeness (QED) is 0.801. The minimum Gasteiger partial charge on any atom is -0.478 e. The molecule has 110 valence electrons. The monoisotopic (exact) mass is 321 g/mol. The highest BCUT2D eigenvalue weighted by molar-refractivity contribution is 7.13. The summed E-state index contributed by atoms with van der Waals surface area (Å²) in [5.74, 6) is -1.03. The molecule has 0 spiro atoms. The molecule has 21 heavy (non-hydrogen) atoms. The van der Waals surface area contributed by atoms with Crippen LogP contribution in [0, 0.1) is 0 Å². The van der Waals surface area contributed by atoms with Crippen molar-refractivity contribution in [1.82, 2.24) is 5.32 Å². The lowest BCUT2D eigenvalue weighted by Crippen LogP contribution is -2.22. The first-order valence-electron chi connectivity index (χ1n) is 6.44. The molecule has 0 aliphatic carbocycles. The average Bonchev–Trinajstić information content (AvgIpc) is 3.11. The number of rotatable bonds is 6. The topological polar surface area (TPSA) is 66.4 Å². The maximum Gasteiger partial charge on any atom is 0.328 e. The molecule has 1 amide bonds. The lowest BCUT2D eigenvalue weighted by molar-refractivity contribution is -0.131. The van der Waals surface area contributed by atoms with Crippen molar-refractivity contribution in [2.45, 2.75) is 19.9 Å². The van der Waals surface area contributed by atoms with E-state index >= 15 is 0 Å². The number of carbonyl (C=O) groups is 2. The van der Waals surface area contributed by atoms with Gasteiger partial charge in [-0.3, -0.25) is 4.79 Å². The van der Waals surface area contributed by atoms with Crippen LogP contribution in [-0.2, 0) is 17.8 Å². The van der Waals surface area contributed by atoms with Crippen LogP contribution in [0.4, 0.5) is 0 Å². The van der Waals surface area contributed by atoms with E-state index in [1.54, 1.807) is 6.08 Å². The first-order chi connectivity index (χ1) is 10.1. The summed E-state index contributed by atoms with van der Waals surface area (Å²) >= 11 is 2.91. The normalized spacial score (nSPS) is 10.9. The fourth-order valence-corrected chi connectivity index (χ4v) is 3.56. The SMILES string of the molecule is CCc1ccsc1C(=O)NCc1ccc(/C=C/C(=O)O)s1. The molecule has 0 radical (unpaired) electrons. The summed E-state index contributed by atoms with van der Waals surface area (Å²) in [6, 6.07) is 5.70. The maximum absolute atomic E-state index is 12.1. The lowest BCUT2D eigenvalue weighted by Gasteiger charge is -2.03. The molecule has 6 heteroatoms. The van der Waals surface area contributed by atoms with Crippen molar-refractivity contribution in [1.29, 1.82) is 0 Å². The minimum atomic E-state index is -0.969. The Balaban J connectivity index is 1.94. The molecule has 0 aliphatic heterocycles. The van der Waals surface area contributed by atoms with Crippen molar-refractivity contribution in [2.75, 3.05) is 0 Å². The van der Waals surface area contributed by atoms with Crippen LogP contribution in [0.5, 0.6) is 0 Å². The van der Waals surface area contributed by atoms with Crippen molar-refractivity contribution >= 4 is 40.6 Å². The van der Waals surface area contributed by atoms with Crippen molar-refractivity contribution in [2.24, 2.45) is 0 Å². The van der Waals surface area contributed by atoms with Crippen LogP contribution in [0.25, 0.3) is 6.08 Å². The molecule has 2 rings (SSSR count). The Morgan fingerprint density at radius 2 is 2.14 bits per heavy atom. The molecule has 2 heterocycles. The molecule has 0 bridgehead atoms. The highest BCUT2D eigenvalue weighted by atomic mass is 32.1. The van der Waals surface area contributed by atoms with Gasteiger partial charge in [-0.05, 0) is 41.6 Å². The second kappa shape index (κ2) is 7.19. The van der Waals surface area contributed by atoms with Gasteiger partial charge >= 0.3 is 5.97 Å². The van der Waals surface area contributed by atoms with Gasteiger partial charge < -0.3 is 10.4 Å². The van der Waals surface area contributed by atoms with E-state index < -0.39 is 5.97 Å². The number of amides is 1. The zero-order valence-corrected chi connectivity index (χ0v) is 13.1. The van der Waals surface area contributed by atoms with Gasteiger partial charge in [-0.25, -0.2) is 4.79 Å². The van der Waals surface area contributed by atoms with Crippen LogP contribution in [0.2, 0.25) is 0 Å². The van der Waals surface area contributed by atoms with Gasteiger partial charge in [0.05, 0.1) is 11.4 Å². The minimum absolute atomic E-state index is 0.0575. The van der Waals surface area contributed by atoms with Gasteiger partial charge in [0.15, 0.2) is 0 Å². The highest BCUT2D eigenvalue weighted by Crippen LogP contribution is 2.20. The van der Waals surface area contributed by atoms with E-state index in [0.29, 0.717) is 6.54 Å². The van der Waals surface area contributed by atoms with Crippen LogP contribution in [0.3, 0.4) is 0 Å². The molecule has 0 saturated carbocycles. The second-order valence-electron chi connectivity index (χ2n) is 4.29. The van der Waals surface area contributed by atoms with E-state index in [2.05, 4.69) is 5.32 Å². The lowest BCUT2D eigenvalue weighted by atomic mass is 10.2. The van der Waals surface area contributed by atoms with Crippen LogP contribution in [0.1, 0.15) is 31.9 Å². The molecule has 0 aromatic carbocycles. The second-order valence-corrected chi connectivity index (χ2v) is 6.40. The van der Waals surface area contributed by atoms with Crippen LogP contribution in [0.15, 0.2) is 29.7 Å². The van der Waals surface area contributed by atoms with Gasteiger partial charge in [-0.15, -0.1) is 22.7 Å². The highest BCUT2D eigenvalue weighted by Gasteiger charge is 2.11. The summed E-state index contributed by atoms with van der Waals surface area (Å²) in [6.07, 6.45) is 3.50. The summed E-state index contributed by atoms with van der Waals surface area (Å²) in [6.45, 7) is 2.48. The number of hydrogen-bond acceptors (Lipinski definition) is 4. The summed E-state index contributed by atoms with van der Waals surface area (Å²) in [5, 5.41) is 13.4. The Morgan fingerprint density at radius 1 is 1.33 bits per heavy atom. The zero-order chi connectivity index (χ0) is 15.2. The van der Waals surface area contributed by atoms with E-state index in [4.69, 9.17) is 5.11 Å². The van der Waals surface area contributed by atoms with Crippen molar-refractivity contribution in [3.63, 3.8) is 0 Å². The molecular formula is C15H15NO3S2. The smallest absolute Gasteiger partial charge is 0.328 e. The summed E-state index contributed by atoms with van der Waals surface area (Å²) in [7, 11) is 0. The molecule has 0 unspecified atom stereocenters. The van der Waals surface area contributed by atoms with Crippen molar-refractivity contribution in [3.05, 3.63) is 49.9 Å². The largest absolute Gasteiger partial charge is 0.478 e. The third-order valence-corrected chi connectivity index (χ3v) is 4.84. The molecule has 0 atom stereocenters. The third kappa shape index (κ3) is 4.27. The number of thiophene rings is 2. The van der Waals surface area contributed by atoms with Crippen molar-refractivity contribution < 1.29 is 14.7 Å². The Bertz CT molecular complexity index is 670. The first kappa shape index (κ1) is 15.5.